The highest BCUT2D eigenvalue weighted by atomic mass is 19.3. The Labute approximate surface area is 191 Å². The average Bonchev–Trinajstić information content (AvgIpc) is 3.40. The maximum absolute atomic E-state index is 15.1. The zero-order valence-electron chi connectivity index (χ0n) is 18.5. The Morgan fingerprint density at radius 1 is 1.29 bits per heavy atom. The minimum Gasteiger partial charge on any atom is -0.491 e. The summed E-state index contributed by atoms with van der Waals surface area (Å²) in [4.78, 5) is 19.2. The van der Waals surface area contributed by atoms with Crippen LogP contribution in [-0.4, -0.2) is 52.9 Å². The van der Waals surface area contributed by atoms with E-state index in [9.17, 15) is 13.6 Å². The molecule has 2 aromatic heterocycles. The minimum atomic E-state index is -2.96. The van der Waals surface area contributed by atoms with Gasteiger partial charge in [0.05, 0.1) is 34.2 Å². The number of nitrogens with one attached hydrogen (secondary N) is 1. The molecule has 11 heteroatoms. The molecule has 0 saturated heterocycles. The number of likely N-dealkylation sites (N-methyl/N-ethyl adjacent to an activating group) is 1. The van der Waals surface area contributed by atoms with Gasteiger partial charge in [0.25, 0.3) is 5.91 Å². The molecule has 1 amide bonds. The molecule has 0 fully saturated rings. The molecule has 1 N–H and O–H groups in total. The van der Waals surface area contributed by atoms with E-state index in [0.29, 0.717) is 33.6 Å². The van der Waals surface area contributed by atoms with Crippen LogP contribution in [0.1, 0.15) is 22.0 Å². The predicted molar refractivity (Wildman–Crippen MR) is 119 cm³/mol. The van der Waals surface area contributed by atoms with Crippen molar-refractivity contribution in [3.63, 3.8) is 0 Å². The second-order valence-corrected chi connectivity index (χ2v) is 7.91. The molecule has 1 aliphatic heterocycles. The molecular formula is C23H20F3N5O3. The summed E-state index contributed by atoms with van der Waals surface area (Å²) < 4.78 is 51.7. The normalized spacial score (nSPS) is 15.0. The number of ether oxygens (including phenoxy) is 2. The SMILES string of the molecule is CNc1nc2cc(F)c(C(=O)N(C)C3COc4cc(OC(F)F)ccc43)cc2c2c1cnn2C. The highest BCUT2D eigenvalue weighted by Gasteiger charge is 2.32. The Bertz CT molecular complexity index is 1440. The van der Waals surface area contributed by atoms with Crippen LogP contribution in [-0.2, 0) is 7.05 Å². The molecule has 0 spiro atoms. The lowest BCUT2D eigenvalue weighted by atomic mass is 10.0. The van der Waals surface area contributed by atoms with Crippen LogP contribution in [0.2, 0.25) is 0 Å². The summed E-state index contributed by atoms with van der Waals surface area (Å²) in [5.41, 5.74) is 1.60. The van der Waals surface area contributed by atoms with Gasteiger partial charge in [-0.25, -0.2) is 9.37 Å². The molecule has 1 atom stereocenters. The molecule has 8 nitrogen and oxygen atoms in total. The van der Waals surface area contributed by atoms with Crippen LogP contribution in [0, 0.1) is 5.82 Å². The molecule has 176 valence electrons. The molecule has 34 heavy (non-hydrogen) atoms. The van der Waals surface area contributed by atoms with E-state index in [1.54, 1.807) is 38.1 Å². The zero-order chi connectivity index (χ0) is 24.1. The number of hydrogen-bond donors (Lipinski definition) is 1. The summed E-state index contributed by atoms with van der Waals surface area (Å²) >= 11 is 0. The van der Waals surface area contributed by atoms with Gasteiger partial charge in [-0.3, -0.25) is 9.48 Å². The molecule has 0 saturated carbocycles. The molecule has 1 aliphatic rings. The number of carbonyl (C=O) groups is 1. The van der Waals surface area contributed by atoms with Gasteiger partial charge in [-0.05, 0) is 18.2 Å². The summed E-state index contributed by atoms with van der Waals surface area (Å²) in [5.74, 6) is -0.414. The third kappa shape index (κ3) is 3.44. The van der Waals surface area contributed by atoms with Crippen LogP contribution in [0.15, 0.2) is 36.5 Å². The van der Waals surface area contributed by atoms with Crippen molar-refractivity contribution in [1.82, 2.24) is 19.7 Å². The number of hydrogen-bond acceptors (Lipinski definition) is 6. The quantitative estimate of drug-likeness (QED) is 0.472. The Morgan fingerprint density at radius 2 is 2.09 bits per heavy atom. The number of amides is 1. The van der Waals surface area contributed by atoms with Crippen LogP contribution in [0.3, 0.4) is 0 Å². The topological polar surface area (TPSA) is 81.5 Å². The number of pyridine rings is 1. The monoisotopic (exact) mass is 471 g/mol. The van der Waals surface area contributed by atoms with Gasteiger partial charge in [0.15, 0.2) is 0 Å². The van der Waals surface area contributed by atoms with E-state index in [1.165, 1.54) is 29.2 Å². The smallest absolute Gasteiger partial charge is 0.387 e. The number of benzene rings is 2. The maximum Gasteiger partial charge on any atom is 0.387 e. The second-order valence-electron chi connectivity index (χ2n) is 7.91. The van der Waals surface area contributed by atoms with Crippen LogP contribution in [0.5, 0.6) is 11.5 Å². The molecule has 0 radical (unpaired) electrons. The van der Waals surface area contributed by atoms with E-state index in [-0.39, 0.29) is 17.9 Å². The Morgan fingerprint density at radius 3 is 2.82 bits per heavy atom. The van der Waals surface area contributed by atoms with Gasteiger partial charge in [-0.2, -0.15) is 13.9 Å². The molecular weight excluding hydrogens is 451 g/mol. The van der Waals surface area contributed by atoms with Crippen LogP contribution in [0.4, 0.5) is 19.0 Å². The van der Waals surface area contributed by atoms with Gasteiger partial charge in [-0.1, -0.05) is 0 Å². The molecule has 0 aliphatic carbocycles. The Balaban J connectivity index is 1.52. The third-order valence-corrected chi connectivity index (χ3v) is 5.99. The first-order valence-corrected chi connectivity index (χ1v) is 10.4. The minimum absolute atomic E-state index is 0.0439. The number of carbonyl (C=O) groups excluding carboxylic acids is 1. The Hall–Kier alpha value is -4.02. The highest BCUT2D eigenvalue weighted by molar-refractivity contribution is 6.10. The first kappa shape index (κ1) is 21.8. The zero-order valence-corrected chi connectivity index (χ0v) is 18.5. The first-order chi connectivity index (χ1) is 16.3. The fourth-order valence-corrected chi connectivity index (χ4v) is 4.31. The van der Waals surface area contributed by atoms with Crippen molar-refractivity contribution in [3.8, 4) is 11.5 Å². The van der Waals surface area contributed by atoms with Crippen molar-refractivity contribution in [2.24, 2.45) is 7.05 Å². The number of fused-ring (bicyclic) bond motifs is 4. The maximum atomic E-state index is 15.1. The summed E-state index contributed by atoms with van der Waals surface area (Å²) in [5, 5.41) is 8.59. The largest absolute Gasteiger partial charge is 0.491 e. The molecule has 5 rings (SSSR count). The summed E-state index contributed by atoms with van der Waals surface area (Å²) in [7, 11) is 5.02. The van der Waals surface area contributed by atoms with Crippen molar-refractivity contribution in [2.45, 2.75) is 12.7 Å². The number of aromatic nitrogens is 3. The van der Waals surface area contributed by atoms with Gasteiger partial charge in [0.1, 0.15) is 29.7 Å². The van der Waals surface area contributed by atoms with Crippen molar-refractivity contribution in [1.29, 1.82) is 0 Å². The molecule has 2 aromatic carbocycles. The standard InChI is InChI=1S/C23H20F3N5O3/c1-27-21-15-9-28-31(3)20(15)14-7-13(16(24)8-17(14)29-21)22(32)30(2)18-10-33-19-6-11(34-23(25)26)4-5-12(18)19/h4-9,18,23H,10H2,1-3H3,(H,27,29). The molecule has 4 aromatic rings. The fraction of sp³-hybridized carbons (Fsp3) is 0.261. The number of rotatable bonds is 5. The van der Waals surface area contributed by atoms with E-state index < -0.39 is 24.4 Å². The third-order valence-electron chi connectivity index (χ3n) is 5.99. The van der Waals surface area contributed by atoms with Crippen molar-refractivity contribution in [2.75, 3.05) is 26.0 Å². The van der Waals surface area contributed by atoms with Crippen molar-refractivity contribution < 1.29 is 27.4 Å². The van der Waals surface area contributed by atoms with E-state index >= 15 is 4.39 Å². The van der Waals surface area contributed by atoms with Gasteiger partial charge >= 0.3 is 6.61 Å². The van der Waals surface area contributed by atoms with E-state index in [4.69, 9.17) is 4.74 Å². The number of anilines is 1. The fourth-order valence-electron chi connectivity index (χ4n) is 4.31. The van der Waals surface area contributed by atoms with Crippen molar-refractivity contribution in [3.05, 3.63) is 53.5 Å². The second kappa shape index (κ2) is 8.08. The number of alkyl halides is 2. The molecule has 0 bridgehead atoms. The number of aryl methyl sites for hydroxylation is 1. The van der Waals surface area contributed by atoms with Gasteiger partial charge in [-0.15, -0.1) is 0 Å². The highest BCUT2D eigenvalue weighted by Crippen LogP contribution is 2.39. The van der Waals surface area contributed by atoms with Gasteiger partial charge in [0.2, 0.25) is 0 Å². The van der Waals surface area contributed by atoms with Gasteiger partial charge < -0.3 is 19.7 Å². The van der Waals surface area contributed by atoms with E-state index in [0.717, 1.165) is 5.39 Å². The van der Waals surface area contributed by atoms with Gasteiger partial charge in [0, 0.05) is 44.2 Å². The lowest BCUT2D eigenvalue weighted by Gasteiger charge is -2.24. The number of halogens is 3. The summed E-state index contributed by atoms with van der Waals surface area (Å²) in [6.07, 6.45) is 1.66. The summed E-state index contributed by atoms with van der Waals surface area (Å²) in [6.45, 7) is -2.86. The van der Waals surface area contributed by atoms with Crippen LogP contribution >= 0.6 is 0 Å². The lowest BCUT2D eigenvalue weighted by molar-refractivity contribution is -0.0499. The van der Waals surface area contributed by atoms with Crippen molar-refractivity contribution >= 4 is 33.5 Å². The molecule has 1 unspecified atom stereocenters. The van der Waals surface area contributed by atoms with E-state index in [1.807, 2.05) is 0 Å². The first-order valence-electron chi connectivity index (χ1n) is 10.4. The van der Waals surface area contributed by atoms with Crippen LogP contribution in [0.25, 0.3) is 21.8 Å². The van der Waals surface area contributed by atoms with E-state index in [2.05, 4.69) is 20.1 Å². The lowest BCUT2D eigenvalue weighted by Crippen LogP contribution is -2.32. The van der Waals surface area contributed by atoms with Crippen LogP contribution < -0.4 is 14.8 Å². The average molecular weight is 471 g/mol. The Kier molecular flexibility index (Phi) is 5.18. The molecule has 3 heterocycles. The predicted octanol–water partition coefficient (Wildman–Crippen LogP) is 4.11. The summed E-state index contributed by atoms with van der Waals surface area (Å²) in [6, 6.07) is 6.48. The number of nitrogens with zero attached hydrogens (tertiary/aromatic N) is 4.